The van der Waals surface area contributed by atoms with Crippen LogP contribution in [0.3, 0.4) is 0 Å². The summed E-state index contributed by atoms with van der Waals surface area (Å²) in [6.45, 7) is 0. The monoisotopic (exact) mass is 356 g/mol. The zero-order valence-electron chi connectivity index (χ0n) is 13.0. The fraction of sp³-hybridized carbons (Fsp3) is 0.0500. The van der Waals surface area contributed by atoms with Gasteiger partial charge in [0.2, 0.25) is 0 Å². The minimum atomic E-state index is -0.980. The number of aliphatic carboxylic acids is 1. The van der Waals surface area contributed by atoms with Crippen molar-refractivity contribution in [2.45, 2.75) is 0 Å². The number of hydrogen-bond donors (Lipinski definition) is 1. The van der Waals surface area contributed by atoms with Gasteiger partial charge < -0.3 is 5.11 Å². The summed E-state index contributed by atoms with van der Waals surface area (Å²) < 4.78 is 0. The van der Waals surface area contributed by atoms with Crippen molar-refractivity contribution in [2.24, 2.45) is 0 Å². The van der Waals surface area contributed by atoms with E-state index < -0.39 is 13.9 Å². The topological polar surface area (TPSA) is 37.3 Å². The highest BCUT2D eigenvalue weighted by Crippen LogP contribution is 2.32. The molecular weight excluding hydrogens is 339 g/mol. The van der Waals surface area contributed by atoms with Gasteiger partial charge >= 0.3 is 5.97 Å². The smallest absolute Gasteiger partial charge is 0.318 e. The van der Waals surface area contributed by atoms with Crippen LogP contribution in [0.4, 0.5) is 0 Å². The van der Waals surface area contributed by atoms with Crippen LogP contribution < -0.4 is 15.9 Å². The first-order chi connectivity index (χ1) is 11.7. The van der Waals surface area contributed by atoms with E-state index in [1.807, 2.05) is 0 Å². The Bertz CT molecular complexity index is 639. The first-order valence-corrected chi connectivity index (χ1v) is 9.33. The molecule has 0 aromatic heterocycles. The van der Waals surface area contributed by atoms with Gasteiger partial charge in [-0.2, -0.15) is 0 Å². The maximum Gasteiger partial charge on any atom is 0.318 e. The Balaban J connectivity index is 0.000000368. The Morgan fingerprint density at radius 1 is 0.708 bits per heavy atom. The molecule has 0 saturated carbocycles. The summed E-state index contributed by atoms with van der Waals surface area (Å²) in [4.78, 5) is 9.24. The molecule has 0 amide bonds. The van der Waals surface area contributed by atoms with Gasteiger partial charge in [-0.1, -0.05) is 91.0 Å². The fourth-order valence-electron chi connectivity index (χ4n) is 2.18. The number of hydrogen-bond acceptors (Lipinski definition) is 1. The molecule has 0 heterocycles. The average Bonchev–Trinajstić information content (AvgIpc) is 2.65. The molecule has 0 fully saturated rings. The van der Waals surface area contributed by atoms with Gasteiger partial charge in [-0.15, -0.1) is 11.6 Å². The predicted octanol–water partition coefficient (Wildman–Crippen LogP) is 3.75. The van der Waals surface area contributed by atoms with Gasteiger partial charge in [0, 0.05) is 0 Å². The number of carbonyl (C=O) groups is 1. The van der Waals surface area contributed by atoms with Crippen LogP contribution in [-0.2, 0) is 4.79 Å². The second kappa shape index (κ2) is 9.87. The molecule has 122 valence electrons. The lowest BCUT2D eigenvalue weighted by Gasteiger charge is -2.18. The third-order valence-corrected chi connectivity index (χ3v) is 5.83. The van der Waals surface area contributed by atoms with E-state index in [0.29, 0.717) is 0 Å². The highest BCUT2D eigenvalue weighted by molar-refractivity contribution is 7.79. The molecule has 3 rings (SSSR count). The maximum absolute atomic E-state index is 9.24. The molecule has 0 atom stereocenters. The molecule has 0 aliphatic heterocycles. The second-order valence-electron chi connectivity index (χ2n) is 4.87. The largest absolute Gasteiger partial charge is 0.480 e. The van der Waals surface area contributed by atoms with Gasteiger partial charge in [-0.3, -0.25) is 4.79 Å². The van der Waals surface area contributed by atoms with Gasteiger partial charge in [0.15, 0.2) is 0 Å². The van der Waals surface area contributed by atoms with E-state index in [1.165, 1.54) is 15.9 Å². The maximum atomic E-state index is 9.24. The molecule has 4 heteroatoms. The van der Waals surface area contributed by atoms with Crippen LogP contribution in [0.1, 0.15) is 0 Å². The summed E-state index contributed by atoms with van der Waals surface area (Å²) >= 11 is 4.74. The minimum absolute atomic E-state index is 0.306. The van der Waals surface area contributed by atoms with Gasteiger partial charge in [0.1, 0.15) is 5.88 Å². The summed E-state index contributed by atoms with van der Waals surface area (Å²) in [6, 6.07) is 32.3. The van der Waals surface area contributed by atoms with Gasteiger partial charge in [-0.25, -0.2) is 0 Å². The van der Waals surface area contributed by atoms with Gasteiger partial charge in [0.05, 0.1) is 0 Å². The molecule has 0 bridgehead atoms. The zero-order chi connectivity index (χ0) is 17.2. The van der Waals surface area contributed by atoms with Crippen LogP contribution in [0.5, 0.6) is 0 Å². The molecule has 24 heavy (non-hydrogen) atoms. The predicted molar refractivity (Wildman–Crippen MR) is 104 cm³/mol. The fourth-order valence-corrected chi connectivity index (χ4v) is 4.48. The van der Waals surface area contributed by atoms with Crippen LogP contribution in [0.2, 0.25) is 0 Å². The summed E-state index contributed by atoms with van der Waals surface area (Å²) in [6.07, 6.45) is 0. The number of carboxylic acid groups (broad SMARTS) is 1. The first-order valence-electron chi connectivity index (χ1n) is 7.45. The van der Waals surface area contributed by atoms with Crippen LogP contribution in [0.25, 0.3) is 0 Å². The van der Waals surface area contributed by atoms with E-state index in [9.17, 15) is 4.79 Å². The van der Waals surface area contributed by atoms with E-state index in [0.717, 1.165) is 0 Å². The number of halogens is 1. The van der Waals surface area contributed by atoms with Crippen molar-refractivity contribution in [1.29, 1.82) is 0 Å². The number of rotatable bonds is 4. The van der Waals surface area contributed by atoms with Crippen molar-refractivity contribution in [3.63, 3.8) is 0 Å². The molecule has 0 unspecified atom stereocenters. The molecule has 0 saturated heterocycles. The van der Waals surface area contributed by atoms with Gasteiger partial charge in [0.25, 0.3) is 0 Å². The molecule has 0 aliphatic carbocycles. The molecule has 0 radical (unpaired) electrons. The van der Waals surface area contributed by atoms with E-state index in [-0.39, 0.29) is 5.88 Å². The molecule has 3 aromatic rings. The highest BCUT2D eigenvalue weighted by Gasteiger charge is 2.14. The van der Waals surface area contributed by atoms with E-state index >= 15 is 0 Å². The SMILES string of the molecule is O=C(O)CCl.c1ccc(P(c2ccccc2)c2ccccc2)cc1. The van der Waals surface area contributed by atoms with Crippen molar-refractivity contribution in [1.82, 2.24) is 0 Å². The van der Waals surface area contributed by atoms with Crippen LogP contribution in [0, 0.1) is 0 Å². The van der Waals surface area contributed by atoms with Crippen molar-refractivity contribution in [3.8, 4) is 0 Å². The van der Waals surface area contributed by atoms with Crippen molar-refractivity contribution >= 4 is 41.4 Å². The molecular formula is C20H18ClO2P. The van der Waals surface area contributed by atoms with Crippen molar-refractivity contribution in [2.75, 3.05) is 5.88 Å². The van der Waals surface area contributed by atoms with Gasteiger partial charge in [-0.05, 0) is 23.8 Å². The quantitative estimate of drug-likeness (QED) is 0.571. The molecule has 0 aliphatic rings. The lowest BCUT2D eigenvalue weighted by molar-refractivity contribution is -0.134. The Labute approximate surface area is 148 Å². The van der Waals surface area contributed by atoms with Crippen LogP contribution in [-0.4, -0.2) is 17.0 Å². The standard InChI is InChI=1S/C18H15P.C2H3ClO2/c1-4-10-16(11-5-1)19(17-12-6-2-7-13-17)18-14-8-3-9-15-18;3-1-2(4)5/h1-15H;1H2,(H,4,5). The number of benzene rings is 3. The lowest BCUT2D eigenvalue weighted by Crippen LogP contribution is -2.20. The third-order valence-electron chi connectivity index (χ3n) is 3.16. The number of alkyl halides is 1. The van der Waals surface area contributed by atoms with Crippen molar-refractivity contribution in [3.05, 3.63) is 91.0 Å². The number of carboxylic acids is 1. The summed E-state index contributed by atoms with van der Waals surface area (Å²) in [7, 11) is -0.446. The summed E-state index contributed by atoms with van der Waals surface area (Å²) in [5.74, 6) is -1.29. The molecule has 0 spiro atoms. The molecule has 1 N–H and O–H groups in total. The third kappa shape index (κ3) is 5.49. The summed E-state index contributed by atoms with van der Waals surface area (Å²) in [5.41, 5.74) is 0. The molecule has 2 nitrogen and oxygen atoms in total. The lowest BCUT2D eigenvalue weighted by atomic mass is 10.4. The Morgan fingerprint density at radius 3 is 1.17 bits per heavy atom. The second-order valence-corrected chi connectivity index (χ2v) is 7.36. The average molecular weight is 357 g/mol. The van der Waals surface area contributed by atoms with Crippen molar-refractivity contribution < 1.29 is 9.90 Å². The summed E-state index contributed by atoms with van der Waals surface area (Å²) in [5, 5.41) is 11.8. The normalized spacial score (nSPS) is 9.92. The minimum Gasteiger partial charge on any atom is -0.480 e. The van der Waals surface area contributed by atoms with E-state index in [1.54, 1.807) is 0 Å². The van der Waals surface area contributed by atoms with E-state index in [2.05, 4.69) is 91.0 Å². The van der Waals surface area contributed by atoms with E-state index in [4.69, 9.17) is 16.7 Å². The highest BCUT2D eigenvalue weighted by atomic mass is 35.5. The Morgan fingerprint density at radius 2 is 0.958 bits per heavy atom. The van der Waals surface area contributed by atoms with Crippen LogP contribution >= 0.6 is 19.5 Å². The Kier molecular flexibility index (Phi) is 7.48. The van der Waals surface area contributed by atoms with Crippen LogP contribution in [0.15, 0.2) is 91.0 Å². The molecule has 3 aromatic carbocycles. The Hall–Kier alpha value is -2.15. The zero-order valence-corrected chi connectivity index (χ0v) is 14.7. The first kappa shape index (κ1) is 18.2.